The largest absolute Gasteiger partial charge is 0.395 e. The van der Waals surface area contributed by atoms with E-state index in [0.717, 1.165) is 12.0 Å². The molecular formula is C16H27NO4. The van der Waals surface area contributed by atoms with Gasteiger partial charge < -0.3 is 20.1 Å². The van der Waals surface area contributed by atoms with E-state index in [1.165, 1.54) is 0 Å². The van der Waals surface area contributed by atoms with Gasteiger partial charge in [0.2, 0.25) is 0 Å². The summed E-state index contributed by atoms with van der Waals surface area (Å²) in [5.74, 6) is 0. The van der Waals surface area contributed by atoms with E-state index in [1.807, 2.05) is 42.2 Å². The Morgan fingerprint density at radius 2 is 1.71 bits per heavy atom. The van der Waals surface area contributed by atoms with E-state index in [-0.39, 0.29) is 25.9 Å². The Hall–Kier alpha value is -0.980. The van der Waals surface area contributed by atoms with Crippen molar-refractivity contribution in [2.75, 3.05) is 39.5 Å². The predicted molar refractivity (Wildman–Crippen MR) is 82.0 cm³/mol. The normalized spacial score (nSPS) is 14.3. The molecule has 0 unspecified atom stereocenters. The molecule has 1 aromatic rings. The number of ether oxygens (including phenoxy) is 1. The van der Waals surface area contributed by atoms with Crippen molar-refractivity contribution in [3.05, 3.63) is 35.9 Å². The van der Waals surface area contributed by atoms with Gasteiger partial charge in [-0.1, -0.05) is 37.3 Å². The maximum absolute atomic E-state index is 10.0. The number of rotatable bonds is 11. The fourth-order valence-electron chi connectivity index (χ4n) is 2.27. The fraction of sp³-hybridized carbons (Fsp3) is 0.625. The van der Waals surface area contributed by atoms with Crippen LogP contribution >= 0.6 is 0 Å². The lowest BCUT2D eigenvalue weighted by Gasteiger charge is -2.25. The SMILES string of the molecule is CC[C@@H](OC[C@H](O)CN(CCO)CCO)c1ccccc1. The Morgan fingerprint density at radius 1 is 1.10 bits per heavy atom. The molecule has 0 aliphatic heterocycles. The van der Waals surface area contributed by atoms with Crippen molar-refractivity contribution in [3.8, 4) is 0 Å². The molecule has 5 nitrogen and oxygen atoms in total. The molecule has 1 rings (SSSR count). The first-order chi connectivity index (χ1) is 10.2. The van der Waals surface area contributed by atoms with Crippen molar-refractivity contribution >= 4 is 0 Å². The van der Waals surface area contributed by atoms with Gasteiger partial charge in [0.1, 0.15) is 0 Å². The zero-order chi connectivity index (χ0) is 15.5. The van der Waals surface area contributed by atoms with Crippen LogP contribution in [0, 0.1) is 0 Å². The zero-order valence-electron chi connectivity index (χ0n) is 12.7. The minimum atomic E-state index is -0.638. The third kappa shape index (κ3) is 7.02. The van der Waals surface area contributed by atoms with Crippen LogP contribution in [0.15, 0.2) is 30.3 Å². The van der Waals surface area contributed by atoms with Gasteiger partial charge in [-0.05, 0) is 12.0 Å². The molecule has 1 aromatic carbocycles. The maximum atomic E-state index is 10.0. The van der Waals surface area contributed by atoms with Crippen LogP contribution in [0.2, 0.25) is 0 Å². The van der Waals surface area contributed by atoms with Gasteiger partial charge in [-0.25, -0.2) is 0 Å². The number of nitrogens with zero attached hydrogens (tertiary/aromatic N) is 1. The molecule has 2 atom stereocenters. The highest BCUT2D eigenvalue weighted by Crippen LogP contribution is 2.20. The molecule has 5 heteroatoms. The number of benzene rings is 1. The summed E-state index contributed by atoms with van der Waals surface area (Å²) in [5.41, 5.74) is 1.11. The van der Waals surface area contributed by atoms with Gasteiger partial charge in [0.05, 0.1) is 32.0 Å². The summed E-state index contributed by atoms with van der Waals surface area (Å²) in [7, 11) is 0. The van der Waals surface area contributed by atoms with Crippen molar-refractivity contribution in [2.45, 2.75) is 25.6 Å². The lowest BCUT2D eigenvalue weighted by Crippen LogP contribution is -2.38. The lowest BCUT2D eigenvalue weighted by atomic mass is 10.1. The molecule has 0 spiro atoms. The molecule has 0 heterocycles. The summed E-state index contributed by atoms with van der Waals surface area (Å²) in [6, 6.07) is 9.95. The van der Waals surface area contributed by atoms with Crippen molar-refractivity contribution in [2.24, 2.45) is 0 Å². The van der Waals surface area contributed by atoms with E-state index in [0.29, 0.717) is 19.6 Å². The summed E-state index contributed by atoms with van der Waals surface area (Å²) in [6.07, 6.45) is 0.180. The molecule has 0 fully saturated rings. The van der Waals surface area contributed by atoms with Gasteiger partial charge in [-0.2, -0.15) is 0 Å². The summed E-state index contributed by atoms with van der Waals surface area (Å²) in [6.45, 7) is 3.56. The minimum absolute atomic E-state index is 0.00910. The van der Waals surface area contributed by atoms with Gasteiger partial charge in [0, 0.05) is 19.6 Å². The van der Waals surface area contributed by atoms with Gasteiger partial charge in [-0.3, -0.25) is 4.90 Å². The average molecular weight is 297 g/mol. The third-order valence-electron chi connectivity index (χ3n) is 3.33. The highest BCUT2D eigenvalue weighted by Gasteiger charge is 2.15. The minimum Gasteiger partial charge on any atom is -0.395 e. The molecule has 0 bridgehead atoms. The van der Waals surface area contributed by atoms with Crippen LogP contribution in [-0.4, -0.2) is 65.8 Å². The van der Waals surface area contributed by atoms with Crippen LogP contribution in [0.25, 0.3) is 0 Å². The summed E-state index contributed by atoms with van der Waals surface area (Å²) >= 11 is 0. The summed E-state index contributed by atoms with van der Waals surface area (Å²) in [5, 5.41) is 27.9. The van der Waals surface area contributed by atoms with E-state index in [2.05, 4.69) is 0 Å². The van der Waals surface area contributed by atoms with Gasteiger partial charge in [0.15, 0.2) is 0 Å². The van der Waals surface area contributed by atoms with E-state index >= 15 is 0 Å². The van der Waals surface area contributed by atoms with Crippen LogP contribution in [0.4, 0.5) is 0 Å². The Morgan fingerprint density at radius 3 is 2.24 bits per heavy atom. The second-order valence-corrected chi connectivity index (χ2v) is 5.04. The second kappa shape index (κ2) is 10.7. The van der Waals surface area contributed by atoms with Crippen LogP contribution in [0.5, 0.6) is 0 Å². The first-order valence-corrected chi connectivity index (χ1v) is 7.49. The van der Waals surface area contributed by atoms with Crippen molar-refractivity contribution in [3.63, 3.8) is 0 Å². The first-order valence-electron chi connectivity index (χ1n) is 7.49. The van der Waals surface area contributed by atoms with E-state index < -0.39 is 6.10 Å². The van der Waals surface area contributed by atoms with E-state index in [1.54, 1.807) is 0 Å². The number of aliphatic hydroxyl groups is 3. The molecule has 0 saturated heterocycles. The molecule has 0 aliphatic rings. The first kappa shape index (κ1) is 18.1. The molecule has 0 aliphatic carbocycles. The van der Waals surface area contributed by atoms with Crippen molar-refractivity contribution < 1.29 is 20.1 Å². The van der Waals surface area contributed by atoms with Crippen LogP contribution in [-0.2, 0) is 4.74 Å². The third-order valence-corrected chi connectivity index (χ3v) is 3.33. The molecule has 0 radical (unpaired) electrons. The lowest BCUT2D eigenvalue weighted by molar-refractivity contribution is -0.0260. The molecule has 3 N–H and O–H groups in total. The number of hydrogen-bond donors (Lipinski definition) is 3. The quantitative estimate of drug-likeness (QED) is 0.563. The Kier molecular flexibility index (Phi) is 9.21. The molecule has 0 saturated carbocycles. The van der Waals surface area contributed by atoms with Crippen LogP contribution in [0.1, 0.15) is 25.0 Å². The zero-order valence-corrected chi connectivity index (χ0v) is 12.7. The van der Waals surface area contributed by atoms with E-state index in [9.17, 15) is 5.11 Å². The molecule has 21 heavy (non-hydrogen) atoms. The number of aliphatic hydroxyl groups excluding tert-OH is 3. The van der Waals surface area contributed by atoms with Gasteiger partial charge in [0.25, 0.3) is 0 Å². The second-order valence-electron chi connectivity index (χ2n) is 5.04. The van der Waals surface area contributed by atoms with Crippen molar-refractivity contribution in [1.82, 2.24) is 4.90 Å². The Bertz CT molecular complexity index is 355. The van der Waals surface area contributed by atoms with Gasteiger partial charge >= 0.3 is 0 Å². The Balaban J connectivity index is 2.41. The Labute approximate surface area is 126 Å². The van der Waals surface area contributed by atoms with Crippen LogP contribution in [0.3, 0.4) is 0 Å². The predicted octanol–water partition coefficient (Wildman–Crippen LogP) is 0.802. The topological polar surface area (TPSA) is 73.2 Å². The molecule has 120 valence electrons. The summed E-state index contributed by atoms with van der Waals surface area (Å²) < 4.78 is 5.79. The monoisotopic (exact) mass is 297 g/mol. The van der Waals surface area contributed by atoms with Crippen LogP contribution < -0.4 is 0 Å². The standard InChI is InChI=1S/C16H27NO4/c1-2-16(14-6-4-3-5-7-14)21-13-15(20)12-17(8-10-18)9-11-19/h3-7,15-16,18-20H,2,8-13H2,1H3/t15-,16-/m1/s1. The number of hydrogen-bond acceptors (Lipinski definition) is 5. The fourth-order valence-corrected chi connectivity index (χ4v) is 2.27. The molecular weight excluding hydrogens is 270 g/mol. The molecule has 0 amide bonds. The van der Waals surface area contributed by atoms with E-state index in [4.69, 9.17) is 14.9 Å². The average Bonchev–Trinajstić information content (AvgIpc) is 2.49. The maximum Gasteiger partial charge on any atom is 0.0900 e. The van der Waals surface area contributed by atoms with Crippen molar-refractivity contribution in [1.29, 1.82) is 0 Å². The molecule has 0 aromatic heterocycles. The summed E-state index contributed by atoms with van der Waals surface area (Å²) in [4.78, 5) is 1.82. The highest BCUT2D eigenvalue weighted by molar-refractivity contribution is 5.17. The smallest absolute Gasteiger partial charge is 0.0900 e. The van der Waals surface area contributed by atoms with Gasteiger partial charge in [-0.15, -0.1) is 0 Å². The highest BCUT2D eigenvalue weighted by atomic mass is 16.5.